The number of hydrogen-bond acceptors (Lipinski definition) is 2. The van der Waals surface area contributed by atoms with E-state index in [-0.39, 0.29) is 0 Å². The molecule has 66 valence electrons. The second-order valence-electron chi connectivity index (χ2n) is 3.56. The molecular weight excluding hydrogens is 253 g/mol. The van der Waals surface area contributed by atoms with Crippen molar-refractivity contribution in [2.75, 3.05) is 31.2 Å². The fraction of sp³-hybridized carbons (Fsp3) is 1.00. The molecule has 0 aromatic heterocycles. The van der Waals surface area contributed by atoms with Gasteiger partial charge in [-0.3, -0.25) is 0 Å². The van der Waals surface area contributed by atoms with Crippen molar-refractivity contribution in [3.63, 3.8) is 0 Å². The quantitative estimate of drug-likeness (QED) is 0.302. The molecule has 1 spiro atoms. The molecule has 0 bridgehead atoms. The zero-order valence-corrected chi connectivity index (χ0v) is 9.13. The van der Waals surface area contributed by atoms with Crippen LogP contribution in [0.25, 0.3) is 0 Å². The molecule has 0 aromatic carbocycles. The molecule has 2 aliphatic rings. The third-order valence-electron chi connectivity index (χ3n) is 2.81. The summed E-state index contributed by atoms with van der Waals surface area (Å²) in [5.74, 6) is 0. The van der Waals surface area contributed by atoms with Crippen molar-refractivity contribution in [2.24, 2.45) is 5.41 Å². The maximum absolute atomic E-state index is 5.36. The van der Waals surface area contributed by atoms with Crippen molar-refractivity contribution < 1.29 is 26.2 Å². The van der Waals surface area contributed by atoms with Crippen molar-refractivity contribution in [1.29, 1.82) is 0 Å². The van der Waals surface area contributed by atoms with Gasteiger partial charge in [0.2, 0.25) is 0 Å². The molecule has 2 rings (SSSR count). The number of halogens is 1. The van der Waals surface area contributed by atoms with Crippen LogP contribution in [0.1, 0.15) is 12.8 Å². The molecular formula is C8H15INO-. The summed E-state index contributed by atoms with van der Waals surface area (Å²) in [6.45, 7) is 4.77. The standard InChI is InChI=1S/C8H15INO/c1-9-10-6-8(7-10)2-4-11-5-3-8/h2-7H2,1H3/q-1. The Bertz CT molecular complexity index is 137. The zero-order valence-electron chi connectivity index (χ0n) is 6.98. The van der Waals surface area contributed by atoms with Gasteiger partial charge in [0.15, 0.2) is 0 Å². The van der Waals surface area contributed by atoms with E-state index in [0.717, 1.165) is 13.2 Å². The van der Waals surface area contributed by atoms with Crippen molar-refractivity contribution in [3.05, 3.63) is 0 Å². The van der Waals surface area contributed by atoms with Crippen LogP contribution in [0.5, 0.6) is 0 Å². The van der Waals surface area contributed by atoms with Gasteiger partial charge in [-0.05, 0) is 0 Å². The number of rotatable bonds is 1. The van der Waals surface area contributed by atoms with Gasteiger partial charge in [0.05, 0.1) is 0 Å². The van der Waals surface area contributed by atoms with Crippen LogP contribution in [0.2, 0.25) is 0 Å². The molecule has 0 amide bonds. The fourth-order valence-corrected chi connectivity index (χ4v) is 4.05. The summed E-state index contributed by atoms with van der Waals surface area (Å²) in [6.07, 6.45) is 2.63. The normalized spacial score (nSPS) is 30.6. The van der Waals surface area contributed by atoms with Crippen molar-refractivity contribution >= 4 is 0 Å². The van der Waals surface area contributed by atoms with Crippen LogP contribution in [0.4, 0.5) is 0 Å². The van der Waals surface area contributed by atoms with Crippen LogP contribution >= 0.6 is 0 Å². The molecule has 0 aromatic rings. The summed E-state index contributed by atoms with van der Waals surface area (Å²) in [4.78, 5) is 2.35. The van der Waals surface area contributed by atoms with E-state index in [2.05, 4.69) is 8.04 Å². The van der Waals surface area contributed by atoms with Crippen LogP contribution in [0.15, 0.2) is 0 Å². The average molecular weight is 268 g/mol. The Hall–Kier alpha value is 0.650. The van der Waals surface area contributed by atoms with E-state index in [0.29, 0.717) is 26.9 Å². The first-order valence-corrected chi connectivity index (χ1v) is 7.29. The van der Waals surface area contributed by atoms with Gasteiger partial charge in [0.1, 0.15) is 0 Å². The van der Waals surface area contributed by atoms with Gasteiger partial charge in [-0.2, -0.15) is 0 Å². The molecule has 0 unspecified atom stereocenters. The molecule has 2 saturated heterocycles. The first-order valence-electron chi connectivity index (χ1n) is 4.17. The minimum atomic E-state index is 0.371. The second kappa shape index (κ2) is 3.18. The summed E-state index contributed by atoms with van der Waals surface area (Å²) < 4.78 is 7.99. The molecule has 0 N–H and O–H groups in total. The third kappa shape index (κ3) is 1.55. The predicted molar refractivity (Wildman–Crippen MR) is 40.0 cm³/mol. The van der Waals surface area contributed by atoms with E-state index in [1.54, 1.807) is 0 Å². The van der Waals surface area contributed by atoms with Crippen LogP contribution in [0, 0.1) is 5.41 Å². The summed E-state index contributed by atoms with van der Waals surface area (Å²) in [7, 11) is 0. The average Bonchev–Trinajstić information content (AvgIpc) is 2.01. The van der Waals surface area contributed by atoms with E-state index in [4.69, 9.17) is 4.74 Å². The predicted octanol–water partition coefficient (Wildman–Crippen LogP) is -2.27. The van der Waals surface area contributed by atoms with Crippen LogP contribution in [-0.2, 0) is 4.74 Å². The zero-order chi connectivity index (χ0) is 7.73. The van der Waals surface area contributed by atoms with E-state index < -0.39 is 0 Å². The van der Waals surface area contributed by atoms with Crippen LogP contribution in [-0.4, -0.2) is 34.3 Å². The van der Waals surface area contributed by atoms with E-state index >= 15 is 0 Å². The van der Waals surface area contributed by atoms with Gasteiger partial charge in [-0.25, -0.2) is 0 Å². The number of alkyl halides is 1. The summed E-state index contributed by atoms with van der Waals surface area (Å²) in [5, 5.41) is 0. The first kappa shape index (κ1) is 8.26. The molecule has 0 radical (unpaired) electrons. The van der Waals surface area contributed by atoms with Gasteiger partial charge in [-0.15, -0.1) is 0 Å². The second-order valence-corrected chi connectivity index (χ2v) is 5.89. The summed E-state index contributed by atoms with van der Waals surface area (Å²) in [6, 6.07) is 0. The topological polar surface area (TPSA) is 12.5 Å². The maximum atomic E-state index is 5.36. The Labute approximate surface area is 78.9 Å². The minimum absolute atomic E-state index is 0.371. The molecule has 2 fully saturated rings. The number of hydrogen-bond donors (Lipinski definition) is 0. The van der Waals surface area contributed by atoms with Gasteiger partial charge < -0.3 is 0 Å². The molecule has 2 nitrogen and oxygen atoms in total. The number of nitrogens with zero attached hydrogens (tertiary/aromatic N) is 1. The van der Waals surface area contributed by atoms with Gasteiger partial charge >= 0.3 is 78.8 Å². The Balaban J connectivity index is 1.84. The Morgan fingerprint density at radius 3 is 2.45 bits per heavy atom. The van der Waals surface area contributed by atoms with E-state index in [1.807, 2.05) is 0 Å². The van der Waals surface area contributed by atoms with E-state index in [9.17, 15) is 0 Å². The van der Waals surface area contributed by atoms with Gasteiger partial charge in [-0.1, -0.05) is 0 Å². The van der Waals surface area contributed by atoms with Crippen LogP contribution in [0.3, 0.4) is 0 Å². The Kier molecular flexibility index (Phi) is 2.39. The van der Waals surface area contributed by atoms with Gasteiger partial charge in [0.25, 0.3) is 0 Å². The molecule has 11 heavy (non-hydrogen) atoms. The Morgan fingerprint density at radius 1 is 1.27 bits per heavy atom. The summed E-state index contributed by atoms with van der Waals surface area (Å²) in [5.41, 5.74) is 0.702. The molecule has 2 aliphatic heterocycles. The SMILES string of the molecule is C[I-]N1CC2(CCOCC2)C1. The molecule has 0 aliphatic carbocycles. The third-order valence-corrected chi connectivity index (χ3v) is 4.85. The van der Waals surface area contributed by atoms with Crippen LogP contribution < -0.4 is 21.5 Å². The monoisotopic (exact) mass is 268 g/mol. The first-order chi connectivity index (χ1) is 5.35. The molecule has 0 atom stereocenters. The fourth-order valence-electron chi connectivity index (χ4n) is 1.92. The molecule has 0 saturated carbocycles. The Morgan fingerprint density at radius 2 is 1.91 bits per heavy atom. The molecule has 3 heteroatoms. The molecule has 2 heterocycles. The van der Waals surface area contributed by atoms with E-state index in [1.165, 1.54) is 25.9 Å². The van der Waals surface area contributed by atoms with Crippen molar-refractivity contribution in [2.45, 2.75) is 12.8 Å². The van der Waals surface area contributed by atoms with Crippen molar-refractivity contribution in [3.8, 4) is 0 Å². The summed E-state index contributed by atoms with van der Waals surface area (Å²) >= 11 is 0.371. The van der Waals surface area contributed by atoms with Crippen molar-refractivity contribution in [1.82, 2.24) is 3.11 Å². The van der Waals surface area contributed by atoms with Gasteiger partial charge in [0, 0.05) is 0 Å². The number of ether oxygens (including phenoxy) is 1.